The maximum atomic E-state index is 14.2. The highest BCUT2D eigenvalue weighted by Crippen LogP contribution is 2.31. The molecule has 0 fully saturated rings. The number of carboxylic acid groups (broad SMARTS) is 1. The van der Waals surface area contributed by atoms with Crippen LogP contribution in [0.5, 0.6) is 0 Å². The Bertz CT molecular complexity index is 909. The molecule has 1 aliphatic rings. The maximum absolute atomic E-state index is 14.2. The van der Waals surface area contributed by atoms with Gasteiger partial charge < -0.3 is 10.0 Å². The second-order valence-electron chi connectivity index (χ2n) is 6.50. The first kappa shape index (κ1) is 19.1. The molecule has 27 heavy (non-hydrogen) atoms. The third kappa shape index (κ3) is 4.19. The number of aliphatic carboxylic acids is 1. The second-order valence-corrected chi connectivity index (χ2v) is 6.94. The standard InChI is InChI=1S/C21H20ClFN2O2/c1-13(16-6-3-15(4-7-16)5-10-20(26)27)25-12-24-21(14(25)2)18-11-17(22)8-9-19(18)23/h3-4,6-9,11,13H,2,5,10,12H2,1H3,(H,26,27). The molecule has 0 saturated heterocycles. The number of halogens is 2. The van der Waals surface area contributed by atoms with Crippen LogP contribution in [0.25, 0.3) is 0 Å². The van der Waals surface area contributed by atoms with Gasteiger partial charge in [-0.05, 0) is 42.7 Å². The molecule has 6 heteroatoms. The van der Waals surface area contributed by atoms with Gasteiger partial charge in [0.05, 0.1) is 17.5 Å². The Labute approximate surface area is 162 Å². The summed E-state index contributed by atoms with van der Waals surface area (Å²) in [7, 11) is 0. The summed E-state index contributed by atoms with van der Waals surface area (Å²) < 4.78 is 14.2. The molecule has 1 atom stereocenters. The Morgan fingerprint density at radius 2 is 2.04 bits per heavy atom. The van der Waals surface area contributed by atoms with Gasteiger partial charge in [0.2, 0.25) is 0 Å². The molecule has 0 aliphatic carbocycles. The van der Waals surface area contributed by atoms with E-state index in [-0.39, 0.29) is 18.3 Å². The fourth-order valence-electron chi connectivity index (χ4n) is 3.13. The van der Waals surface area contributed by atoms with Crippen molar-refractivity contribution in [1.82, 2.24) is 4.90 Å². The first-order valence-electron chi connectivity index (χ1n) is 8.63. The molecule has 1 unspecified atom stereocenters. The molecule has 1 N–H and O–H groups in total. The monoisotopic (exact) mass is 386 g/mol. The van der Waals surface area contributed by atoms with Crippen molar-refractivity contribution in [3.63, 3.8) is 0 Å². The van der Waals surface area contributed by atoms with Gasteiger partial charge in [0.1, 0.15) is 12.5 Å². The number of carbonyl (C=O) groups is 1. The number of aryl methyl sites for hydroxylation is 1. The normalized spacial score (nSPS) is 15.0. The van der Waals surface area contributed by atoms with E-state index in [1.165, 1.54) is 12.1 Å². The molecule has 0 bridgehead atoms. The minimum atomic E-state index is -0.807. The van der Waals surface area contributed by atoms with Crippen molar-refractivity contribution < 1.29 is 14.3 Å². The molecule has 0 spiro atoms. The van der Waals surface area contributed by atoms with Crippen LogP contribution in [0.4, 0.5) is 4.39 Å². The van der Waals surface area contributed by atoms with E-state index in [1.807, 2.05) is 36.1 Å². The summed E-state index contributed by atoms with van der Waals surface area (Å²) in [6.45, 7) is 6.52. The lowest BCUT2D eigenvalue weighted by molar-refractivity contribution is -0.136. The van der Waals surface area contributed by atoms with E-state index in [9.17, 15) is 9.18 Å². The number of nitrogens with zero attached hydrogens (tertiary/aromatic N) is 2. The summed E-state index contributed by atoms with van der Waals surface area (Å²) in [5, 5.41) is 9.23. The summed E-state index contributed by atoms with van der Waals surface area (Å²) >= 11 is 6.00. The number of aliphatic imine (C=N–C) groups is 1. The Hall–Kier alpha value is -2.66. The zero-order valence-electron chi connectivity index (χ0n) is 15.0. The fourth-order valence-corrected chi connectivity index (χ4v) is 3.30. The Balaban J connectivity index is 1.73. The number of rotatable bonds is 6. The lowest BCUT2D eigenvalue weighted by Crippen LogP contribution is -2.24. The second kappa shape index (κ2) is 7.92. The Morgan fingerprint density at radius 3 is 2.70 bits per heavy atom. The van der Waals surface area contributed by atoms with Crippen LogP contribution in [0.3, 0.4) is 0 Å². The maximum Gasteiger partial charge on any atom is 0.303 e. The van der Waals surface area contributed by atoms with E-state index < -0.39 is 5.97 Å². The lowest BCUT2D eigenvalue weighted by Gasteiger charge is -2.27. The number of benzene rings is 2. The molecular weight excluding hydrogens is 367 g/mol. The van der Waals surface area contributed by atoms with Crippen molar-refractivity contribution in [2.24, 2.45) is 4.99 Å². The van der Waals surface area contributed by atoms with Crippen LogP contribution in [0.1, 0.15) is 36.1 Å². The van der Waals surface area contributed by atoms with Crippen LogP contribution in [0.15, 0.2) is 59.7 Å². The fraction of sp³-hybridized carbons (Fsp3) is 0.238. The predicted molar refractivity (Wildman–Crippen MR) is 105 cm³/mol. The minimum absolute atomic E-state index is 0.00507. The van der Waals surface area contributed by atoms with Crippen LogP contribution in [0.2, 0.25) is 5.02 Å². The predicted octanol–water partition coefficient (Wildman–Crippen LogP) is 4.83. The molecular formula is C21H20ClFN2O2. The molecule has 3 rings (SSSR count). The van der Waals surface area contributed by atoms with E-state index in [0.717, 1.165) is 11.1 Å². The zero-order valence-corrected chi connectivity index (χ0v) is 15.7. The quantitative estimate of drug-likeness (QED) is 0.773. The zero-order chi connectivity index (χ0) is 19.6. The first-order chi connectivity index (χ1) is 12.9. The highest BCUT2D eigenvalue weighted by Gasteiger charge is 2.27. The van der Waals surface area contributed by atoms with Crippen molar-refractivity contribution >= 4 is 23.3 Å². The molecule has 4 nitrogen and oxygen atoms in total. The van der Waals surface area contributed by atoms with Gasteiger partial charge in [-0.15, -0.1) is 0 Å². The average Bonchev–Trinajstić information content (AvgIpc) is 3.03. The van der Waals surface area contributed by atoms with Crippen molar-refractivity contribution in [2.75, 3.05) is 6.67 Å². The molecule has 0 aromatic heterocycles. The number of hydrogen-bond donors (Lipinski definition) is 1. The van der Waals surface area contributed by atoms with E-state index in [2.05, 4.69) is 11.6 Å². The lowest BCUT2D eigenvalue weighted by atomic mass is 10.0. The number of carboxylic acids is 1. The summed E-state index contributed by atoms with van der Waals surface area (Å²) in [4.78, 5) is 17.2. The number of allylic oxidation sites excluding steroid dienone is 1. The van der Waals surface area contributed by atoms with Gasteiger partial charge in [-0.25, -0.2) is 4.39 Å². The molecule has 0 saturated carbocycles. The molecule has 2 aromatic carbocycles. The summed E-state index contributed by atoms with van der Waals surface area (Å²) in [5.74, 6) is -1.18. The van der Waals surface area contributed by atoms with Gasteiger partial charge >= 0.3 is 5.97 Å². The first-order valence-corrected chi connectivity index (χ1v) is 9.01. The summed E-state index contributed by atoms with van der Waals surface area (Å²) in [6.07, 6.45) is 0.613. The Kier molecular flexibility index (Phi) is 5.61. The van der Waals surface area contributed by atoms with Crippen molar-refractivity contribution in [2.45, 2.75) is 25.8 Å². The molecule has 2 aromatic rings. The molecule has 0 amide bonds. The summed E-state index contributed by atoms with van der Waals surface area (Å²) in [5.41, 5.74) is 3.55. The van der Waals surface area contributed by atoms with Crippen LogP contribution in [0, 0.1) is 5.82 Å². The van der Waals surface area contributed by atoms with Gasteiger partial charge in [0, 0.05) is 17.0 Å². The largest absolute Gasteiger partial charge is 0.481 e. The average molecular weight is 387 g/mol. The third-order valence-electron chi connectivity index (χ3n) is 4.74. The van der Waals surface area contributed by atoms with E-state index in [4.69, 9.17) is 16.7 Å². The van der Waals surface area contributed by atoms with E-state index >= 15 is 0 Å². The smallest absolute Gasteiger partial charge is 0.303 e. The SMILES string of the molecule is C=C1C(c2cc(Cl)ccc2F)=NCN1C(C)c1ccc(CCC(=O)O)cc1. The van der Waals surface area contributed by atoms with Crippen LogP contribution < -0.4 is 0 Å². The topological polar surface area (TPSA) is 52.9 Å². The van der Waals surface area contributed by atoms with Gasteiger partial charge in [0.15, 0.2) is 0 Å². The van der Waals surface area contributed by atoms with Crippen molar-refractivity contribution in [3.05, 3.63) is 82.3 Å². The Morgan fingerprint density at radius 1 is 1.33 bits per heavy atom. The number of hydrogen-bond acceptors (Lipinski definition) is 3. The third-order valence-corrected chi connectivity index (χ3v) is 4.98. The molecule has 1 aliphatic heterocycles. The highest BCUT2D eigenvalue weighted by atomic mass is 35.5. The van der Waals surface area contributed by atoms with Crippen molar-refractivity contribution in [1.29, 1.82) is 0 Å². The van der Waals surface area contributed by atoms with Crippen molar-refractivity contribution in [3.8, 4) is 0 Å². The van der Waals surface area contributed by atoms with E-state index in [1.54, 1.807) is 6.07 Å². The van der Waals surface area contributed by atoms with Gasteiger partial charge in [-0.3, -0.25) is 9.79 Å². The van der Waals surface area contributed by atoms with Crippen LogP contribution >= 0.6 is 11.6 Å². The highest BCUT2D eigenvalue weighted by molar-refractivity contribution is 6.31. The molecule has 0 radical (unpaired) electrons. The summed E-state index contributed by atoms with van der Waals surface area (Å²) in [6, 6.07) is 12.2. The van der Waals surface area contributed by atoms with Crippen LogP contribution in [-0.2, 0) is 11.2 Å². The van der Waals surface area contributed by atoms with Gasteiger partial charge in [0.25, 0.3) is 0 Å². The van der Waals surface area contributed by atoms with Gasteiger partial charge in [-0.2, -0.15) is 0 Å². The van der Waals surface area contributed by atoms with Gasteiger partial charge in [-0.1, -0.05) is 42.4 Å². The molecule has 1 heterocycles. The molecule has 140 valence electrons. The van der Waals surface area contributed by atoms with E-state index in [0.29, 0.717) is 35.1 Å². The minimum Gasteiger partial charge on any atom is -0.481 e. The van der Waals surface area contributed by atoms with Crippen LogP contribution in [-0.4, -0.2) is 28.4 Å².